The molecule has 2 aliphatic heterocycles. The summed E-state index contributed by atoms with van der Waals surface area (Å²) in [4.78, 5) is 11.7. The van der Waals surface area contributed by atoms with Crippen molar-refractivity contribution < 1.29 is 0 Å². The van der Waals surface area contributed by atoms with E-state index in [2.05, 4.69) is 33.2 Å². The normalized spacial score (nSPS) is 23.7. The minimum atomic E-state index is 0.615. The number of hydrogen-bond acceptors (Lipinski definition) is 4. The second kappa shape index (κ2) is 7.21. The Morgan fingerprint density at radius 3 is 2.90 bits per heavy atom. The molecule has 0 unspecified atom stereocenters. The summed E-state index contributed by atoms with van der Waals surface area (Å²) < 4.78 is 0. The van der Waals surface area contributed by atoms with Crippen molar-refractivity contribution in [2.24, 2.45) is 0 Å². The van der Waals surface area contributed by atoms with E-state index in [1.54, 1.807) is 6.33 Å². The molecule has 3 heterocycles. The third-order valence-corrected chi connectivity index (χ3v) is 4.99. The van der Waals surface area contributed by atoms with Gasteiger partial charge in [0.25, 0.3) is 0 Å². The van der Waals surface area contributed by atoms with Crippen molar-refractivity contribution in [2.75, 3.05) is 24.5 Å². The fourth-order valence-electron chi connectivity index (χ4n) is 3.74. The van der Waals surface area contributed by atoms with Gasteiger partial charge in [-0.3, -0.25) is 0 Å². The van der Waals surface area contributed by atoms with E-state index in [4.69, 9.17) is 0 Å². The van der Waals surface area contributed by atoms with Crippen molar-refractivity contribution in [1.82, 2.24) is 15.3 Å². The smallest absolute Gasteiger partial charge is 0.132 e. The van der Waals surface area contributed by atoms with Crippen molar-refractivity contribution >= 4 is 5.82 Å². The summed E-state index contributed by atoms with van der Waals surface area (Å²) >= 11 is 0. The van der Waals surface area contributed by atoms with Crippen LogP contribution in [-0.2, 0) is 0 Å². The van der Waals surface area contributed by atoms with E-state index in [1.807, 2.05) is 0 Å². The van der Waals surface area contributed by atoms with Crippen LogP contribution in [0.25, 0.3) is 0 Å². The molecule has 2 fully saturated rings. The van der Waals surface area contributed by atoms with Crippen LogP contribution in [0.3, 0.4) is 0 Å². The van der Waals surface area contributed by atoms with E-state index in [9.17, 15) is 0 Å². The SMILES string of the molecule is CCCC[C@@H]1CCCN1c1cc(C2CCNCC2)ncn1. The highest BCUT2D eigenvalue weighted by atomic mass is 15.2. The molecule has 21 heavy (non-hydrogen) atoms. The van der Waals surface area contributed by atoms with Gasteiger partial charge in [0.05, 0.1) is 0 Å². The number of aromatic nitrogens is 2. The molecule has 1 N–H and O–H groups in total. The molecule has 3 rings (SSSR count). The van der Waals surface area contributed by atoms with E-state index in [0.29, 0.717) is 12.0 Å². The molecule has 0 aromatic carbocycles. The molecule has 0 bridgehead atoms. The minimum absolute atomic E-state index is 0.615. The van der Waals surface area contributed by atoms with Gasteiger partial charge in [0, 0.05) is 30.3 Å². The number of nitrogens with zero attached hydrogens (tertiary/aromatic N) is 3. The number of anilines is 1. The summed E-state index contributed by atoms with van der Waals surface area (Å²) in [5, 5.41) is 3.43. The van der Waals surface area contributed by atoms with E-state index in [1.165, 1.54) is 50.6 Å². The van der Waals surface area contributed by atoms with E-state index < -0.39 is 0 Å². The molecule has 2 saturated heterocycles. The lowest BCUT2D eigenvalue weighted by Gasteiger charge is -2.27. The average molecular weight is 288 g/mol. The molecule has 4 nitrogen and oxygen atoms in total. The molecule has 0 amide bonds. The first-order valence-corrected chi connectivity index (χ1v) is 8.67. The van der Waals surface area contributed by atoms with Crippen LogP contribution >= 0.6 is 0 Å². The Morgan fingerprint density at radius 2 is 2.10 bits per heavy atom. The van der Waals surface area contributed by atoms with Gasteiger partial charge in [0.2, 0.25) is 0 Å². The second-order valence-corrected chi connectivity index (χ2v) is 6.46. The zero-order valence-electron chi connectivity index (χ0n) is 13.2. The number of nitrogens with one attached hydrogen (secondary N) is 1. The van der Waals surface area contributed by atoms with E-state index in [0.717, 1.165) is 25.5 Å². The van der Waals surface area contributed by atoms with Gasteiger partial charge >= 0.3 is 0 Å². The first-order chi connectivity index (χ1) is 10.4. The zero-order chi connectivity index (χ0) is 14.5. The highest BCUT2D eigenvalue weighted by Gasteiger charge is 2.26. The number of piperidine rings is 1. The molecule has 1 aromatic rings. The number of hydrogen-bond donors (Lipinski definition) is 1. The first-order valence-electron chi connectivity index (χ1n) is 8.67. The predicted octanol–water partition coefficient (Wildman–Crippen LogP) is 3.10. The second-order valence-electron chi connectivity index (χ2n) is 6.46. The Morgan fingerprint density at radius 1 is 1.24 bits per heavy atom. The molecule has 0 saturated carbocycles. The number of unbranched alkanes of at least 4 members (excludes halogenated alkanes) is 1. The van der Waals surface area contributed by atoms with Crippen LogP contribution in [-0.4, -0.2) is 35.6 Å². The highest BCUT2D eigenvalue weighted by Crippen LogP contribution is 2.30. The van der Waals surface area contributed by atoms with Gasteiger partial charge in [-0.2, -0.15) is 0 Å². The third kappa shape index (κ3) is 3.54. The molecule has 0 spiro atoms. The summed E-state index contributed by atoms with van der Waals surface area (Å²) in [6, 6.07) is 2.96. The van der Waals surface area contributed by atoms with E-state index >= 15 is 0 Å². The largest absolute Gasteiger partial charge is 0.354 e. The molecular weight excluding hydrogens is 260 g/mol. The van der Waals surface area contributed by atoms with Gasteiger partial charge in [-0.15, -0.1) is 0 Å². The Kier molecular flexibility index (Phi) is 5.07. The fourth-order valence-corrected chi connectivity index (χ4v) is 3.74. The Labute approximate surface area is 128 Å². The average Bonchev–Trinajstić information content (AvgIpc) is 3.02. The van der Waals surface area contributed by atoms with Crippen LogP contribution in [0.1, 0.15) is 63.5 Å². The Hall–Kier alpha value is -1.16. The topological polar surface area (TPSA) is 41.0 Å². The lowest BCUT2D eigenvalue weighted by molar-refractivity contribution is 0.452. The highest BCUT2D eigenvalue weighted by molar-refractivity contribution is 5.42. The van der Waals surface area contributed by atoms with Gasteiger partial charge in [-0.05, 0) is 45.2 Å². The van der Waals surface area contributed by atoms with Crippen molar-refractivity contribution in [3.63, 3.8) is 0 Å². The summed E-state index contributed by atoms with van der Waals surface area (Å²) in [7, 11) is 0. The summed E-state index contributed by atoms with van der Waals surface area (Å²) in [6.45, 7) is 5.68. The maximum atomic E-state index is 4.57. The number of rotatable bonds is 5. The Bertz CT molecular complexity index is 442. The van der Waals surface area contributed by atoms with Crippen molar-refractivity contribution in [2.45, 2.75) is 63.8 Å². The van der Waals surface area contributed by atoms with Gasteiger partial charge in [0.15, 0.2) is 0 Å². The van der Waals surface area contributed by atoms with Crippen molar-refractivity contribution in [1.29, 1.82) is 0 Å². The fraction of sp³-hybridized carbons (Fsp3) is 0.765. The maximum Gasteiger partial charge on any atom is 0.132 e. The molecular formula is C17H28N4. The molecule has 2 aliphatic rings. The predicted molar refractivity (Wildman–Crippen MR) is 86.8 cm³/mol. The molecule has 1 atom stereocenters. The Balaban J connectivity index is 1.72. The van der Waals surface area contributed by atoms with Crippen LogP contribution in [0.4, 0.5) is 5.82 Å². The molecule has 4 heteroatoms. The first kappa shape index (κ1) is 14.8. The van der Waals surface area contributed by atoms with Crippen LogP contribution < -0.4 is 10.2 Å². The van der Waals surface area contributed by atoms with Gasteiger partial charge in [-0.25, -0.2) is 9.97 Å². The molecule has 1 aromatic heterocycles. The summed E-state index contributed by atoms with van der Waals surface area (Å²) in [6.07, 6.45) is 10.7. The lowest BCUT2D eigenvalue weighted by Crippen LogP contribution is -2.30. The standard InChI is InChI=1S/C17H28N4/c1-2-3-5-15-6-4-11-21(15)17-12-16(19-13-20-17)14-7-9-18-10-8-14/h12-15,18H,2-11H2,1H3/t15-/m1/s1. The van der Waals surface area contributed by atoms with Gasteiger partial charge < -0.3 is 10.2 Å². The van der Waals surface area contributed by atoms with Crippen molar-refractivity contribution in [3.05, 3.63) is 18.1 Å². The van der Waals surface area contributed by atoms with Crippen LogP contribution in [0.2, 0.25) is 0 Å². The van der Waals surface area contributed by atoms with Crippen LogP contribution in [0, 0.1) is 0 Å². The molecule has 116 valence electrons. The van der Waals surface area contributed by atoms with Gasteiger partial charge in [-0.1, -0.05) is 19.8 Å². The maximum absolute atomic E-state index is 4.57. The van der Waals surface area contributed by atoms with E-state index in [-0.39, 0.29) is 0 Å². The zero-order valence-corrected chi connectivity index (χ0v) is 13.2. The summed E-state index contributed by atoms with van der Waals surface area (Å²) in [5.74, 6) is 1.78. The lowest BCUT2D eigenvalue weighted by atomic mass is 9.94. The monoisotopic (exact) mass is 288 g/mol. The van der Waals surface area contributed by atoms with Crippen molar-refractivity contribution in [3.8, 4) is 0 Å². The minimum Gasteiger partial charge on any atom is -0.354 e. The summed E-state index contributed by atoms with van der Waals surface area (Å²) in [5.41, 5.74) is 1.25. The third-order valence-electron chi connectivity index (χ3n) is 4.99. The van der Waals surface area contributed by atoms with Gasteiger partial charge in [0.1, 0.15) is 12.1 Å². The molecule has 0 radical (unpaired) electrons. The quantitative estimate of drug-likeness (QED) is 0.904. The molecule has 0 aliphatic carbocycles. The van der Waals surface area contributed by atoms with Crippen LogP contribution in [0.15, 0.2) is 12.4 Å². The van der Waals surface area contributed by atoms with Crippen LogP contribution in [0.5, 0.6) is 0 Å².